The Labute approximate surface area is 70.0 Å². The Morgan fingerprint density at radius 3 is 2.00 bits per heavy atom. The van der Waals surface area contributed by atoms with Gasteiger partial charge in [-0.1, -0.05) is 50.5 Å². The maximum Gasteiger partial charge on any atom is 0.139 e. The third-order valence-corrected chi connectivity index (χ3v) is 1.95. The summed E-state index contributed by atoms with van der Waals surface area (Å²) in [7, 11) is 2.17. The van der Waals surface area contributed by atoms with Crippen LogP contribution in [-0.4, -0.2) is 7.85 Å². The first-order valence-corrected chi connectivity index (χ1v) is 4.08. The quantitative estimate of drug-likeness (QED) is 0.483. The van der Waals surface area contributed by atoms with Crippen molar-refractivity contribution >= 4 is 13.3 Å². The molecule has 0 spiro atoms. The van der Waals surface area contributed by atoms with Crippen LogP contribution in [0, 0.1) is 0 Å². The highest BCUT2D eigenvalue weighted by Gasteiger charge is 2.14. The second-order valence-corrected chi connectivity index (χ2v) is 4.06. The largest absolute Gasteiger partial charge is 0.139 e. The normalized spacial score (nSPS) is 11.5. The van der Waals surface area contributed by atoms with Crippen molar-refractivity contribution in [2.24, 2.45) is 0 Å². The third kappa shape index (κ3) is 1.86. The molecule has 11 heavy (non-hydrogen) atoms. The highest BCUT2D eigenvalue weighted by molar-refractivity contribution is 6.33. The molecule has 1 aromatic rings. The van der Waals surface area contributed by atoms with E-state index in [1.807, 2.05) is 0 Å². The predicted octanol–water partition coefficient (Wildman–Crippen LogP) is 1.24. The highest BCUT2D eigenvalue weighted by Crippen LogP contribution is 2.18. The summed E-state index contributed by atoms with van der Waals surface area (Å²) in [6.07, 6.45) is 0. The van der Waals surface area contributed by atoms with E-state index < -0.39 is 0 Å². The second-order valence-electron chi connectivity index (χ2n) is 4.06. The Morgan fingerprint density at radius 1 is 1.09 bits per heavy atom. The Hall–Kier alpha value is -0.715. The number of hydrogen-bond donors (Lipinski definition) is 0. The summed E-state index contributed by atoms with van der Waals surface area (Å²) in [6.45, 7) is 6.74. The summed E-state index contributed by atoms with van der Waals surface area (Å²) >= 11 is 0. The van der Waals surface area contributed by atoms with E-state index in [0.29, 0.717) is 0 Å². The van der Waals surface area contributed by atoms with Crippen LogP contribution in [0.4, 0.5) is 0 Å². The fourth-order valence-electron chi connectivity index (χ4n) is 1.41. The van der Waals surface area contributed by atoms with Crippen molar-refractivity contribution in [2.45, 2.75) is 26.2 Å². The minimum absolute atomic E-state index is 0.283. The summed E-state index contributed by atoms with van der Waals surface area (Å²) in [5.74, 6) is 0. The van der Waals surface area contributed by atoms with Crippen LogP contribution in [0.1, 0.15) is 26.3 Å². The minimum atomic E-state index is 0.283. The van der Waals surface area contributed by atoms with Crippen molar-refractivity contribution < 1.29 is 0 Å². The van der Waals surface area contributed by atoms with Crippen LogP contribution in [0.15, 0.2) is 24.3 Å². The molecule has 0 bridgehead atoms. The van der Waals surface area contributed by atoms with Gasteiger partial charge in [0.05, 0.1) is 0 Å². The Bertz CT molecular complexity index is 245. The van der Waals surface area contributed by atoms with E-state index in [2.05, 4.69) is 52.9 Å². The molecule has 0 aliphatic carbocycles. The van der Waals surface area contributed by atoms with Gasteiger partial charge in [0.25, 0.3) is 0 Å². The van der Waals surface area contributed by atoms with E-state index in [-0.39, 0.29) is 5.41 Å². The summed E-state index contributed by atoms with van der Waals surface area (Å²) in [5, 5.41) is 0. The van der Waals surface area contributed by atoms with Crippen LogP contribution in [0.25, 0.3) is 0 Å². The van der Waals surface area contributed by atoms with Crippen molar-refractivity contribution in [1.29, 1.82) is 0 Å². The van der Waals surface area contributed by atoms with Gasteiger partial charge in [0, 0.05) is 0 Å². The fourth-order valence-corrected chi connectivity index (χ4v) is 1.41. The third-order valence-electron chi connectivity index (χ3n) is 1.95. The zero-order chi connectivity index (χ0) is 8.48. The lowest BCUT2D eigenvalue weighted by molar-refractivity contribution is 0.594. The fraction of sp³-hybridized carbons (Fsp3) is 0.400. The molecule has 0 nitrogen and oxygen atoms in total. The molecule has 0 heterocycles. The van der Waals surface area contributed by atoms with Crippen LogP contribution < -0.4 is 5.46 Å². The maximum atomic E-state index is 2.25. The summed E-state index contributed by atoms with van der Waals surface area (Å²) in [4.78, 5) is 0. The lowest BCUT2D eigenvalue weighted by atomic mass is 9.78. The monoisotopic (exact) mass is 146 g/mol. The van der Waals surface area contributed by atoms with Crippen LogP contribution in [-0.2, 0) is 5.41 Å². The zero-order valence-corrected chi connectivity index (χ0v) is 7.81. The Morgan fingerprint density at radius 2 is 1.64 bits per heavy atom. The lowest BCUT2D eigenvalue weighted by Crippen LogP contribution is -2.22. The maximum absolute atomic E-state index is 2.25. The number of hydrogen-bond acceptors (Lipinski definition) is 0. The van der Waals surface area contributed by atoms with Crippen molar-refractivity contribution in [3.8, 4) is 0 Å². The molecular formula is C10H15B. The van der Waals surface area contributed by atoms with E-state index in [1.54, 1.807) is 0 Å². The van der Waals surface area contributed by atoms with Gasteiger partial charge in [0.1, 0.15) is 7.85 Å². The SMILES string of the molecule is Bc1ccccc1C(C)(C)C. The molecule has 0 aliphatic heterocycles. The molecule has 0 radical (unpaired) electrons. The molecule has 0 unspecified atom stereocenters. The molecule has 1 aromatic carbocycles. The van der Waals surface area contributed by atoms with Gasteiger partial charge in [0.15, 0.2) is 0 Å². The second kappa shape index (κ2) is 2.73. The van der Waals surface area contributed by atoms with E-state index in [1.165, 1.54) is 11.0 Å². The summed E-state index contributed by atoms with van der Waals surface area (Å²) in [5.41, 5.74) is 3.12. The van der Waals surface area contributed by atoms with Gasteiger partial charge >= 0.3 is 0 Å². The molecule has 0 amide bonds. The smallest absolute Gasteiger partial charge is 0.0853 e. The molecule has 1 rings (SSSR count). The average molecular weight is 146 g/mol. The van der Waals surface area contributed by atoms with Crippen molar-refractivity contribution in [3.05, 3.63) is 29.8 Å². The van der Waals surface area contributed by atoms with Gasteiger partial charge in [-0.2, -0.15) is 0 Å². The molecule has 0 aliphatic rings. The zero-order valence-electron chi connectivity index (χ0n) is 7.81. The standard InChI is InChI=1S/C10H15B/c1-10(2,3)8-6-4-5-7-9(8)11/h4-7H,11H2,1-3H3. The van der Waals surface area contributed by atoms with Gasteiger partial charge in [-0.05, 0) is 11.0 Å². The van der Waals surface area contributed by atoms with Crippen LogP contribution in [0.3, 0.4) is 0 Å². The van der Waals surface area contributed by atoms with Crippen molar-refractivity contribution in [2.75, 3.05) is 0 Å². The van der Waals surface area contributed by atoms with E-state index in [4.69, 9.17) is 0 Å². The van der Waals surface area contributed by atoms with Crippen LogP contribution in [0.2, 0.25) is 0 Å². The molecule has 0 atom stereocenters. The first-order valence-electron chi connectivity index (χ1n) is 4.08. The molecule has 1 heteroatoms. The van der Waals surface area contributed by atoms with E-state index in [9.17, 15) is 0 Å². The molecule has 58 valence electrons. The molecule has 0 saturated carbocycles. The first-order chi connectivity index (χ1) is 5.02. The van der Waals surface area contributed by atoms with Gasteiger partial charge in [-0.3, -0.25) is 0 Å². The van der Waals surface area contributed by atoms with Crippen LogP contribution >= 0.6 is 0 Å². The number of rotatable bonds is 0. The molecule has 0 fully saturated rings. The highest BCUT2D eigenvalue weighted by atomic mass is 14.2. The Kier molecular flexibility index (Phi) is 2.08. The van der Waals surface area contributed by atoms with Gasteiger partial charge in [-0.25, -0.2) is 0 Å². The first kappa shape index (κ1) is 8.38. The van der Waals surface area contributed by atoms with Crippen molar-refractivity contribution in [1.82, 2.24) is 0 Å². The number of benzene rings is 1. The predicted molar refractivity (Wildman–Crippen MR) is 53.3 cm³/mol. The Balaban J connectivity index is 3.14. The summed E-state index contributed by atoms with van der Waals surface area (Å²) in [6, 6.07) is 8.56. The van der Waals surface area contributed by atoms with E-state index in [0.717, 1.165) is 0 Å². The minimum Gasteiger partial charge on any atom is -0.0853 e. The van der Waals surface area contributed by atoms with Crippen LogP contribution in [0.5, 0.6) is 0 Å². The molecular weight excluding hydrogens is 131 g/mol. The van der Waals surface area contributed by atoms with Gasteiger partial charge in [0.2, 0.25) is 0 Å². The van der Waals surface area contributed by atoms with E-state index >= 15 is 0 Å². The average Bonchev–Trinajstić information content (AvgIpc) is 1.86. The lowest BCUT2D eigenvalue weighted by Gasteiger charge is -2.21. The van der Waals surface area contributed by atoms with Gasteiger partial charge < -0.3 is 0 Å². The molecule has 0 aromatic heterocycles. The van der Waals surface area contributed by atoms with Gasteiger partial charge in [-0.15, -0.1) is 0 Å². The topological polar surface area (TPSA) is 0 Å². The molecule has 0 saturated heterocycles. The molecule has 0 N–H and O–H groups in total. The van der Waals surface area contributed by atoms with Crippen molar-refractivity contribution in [3.63, 3.8) is 0 Å². The summed E-state index contributed by atoms with van der Waals surface area (Å²) < 4.78 is 0.